The van der Waals surface area contributed by atoms with Crippen LogP contribution in [0.1, 0.15) is 16.9 Å². The average molecular weight is 449 g/mol. The largest absolute Gasteiger partial charge is 0.383 e. The zero-order valence-corrected chi connectivity index (χ0v) is 19.0. The third kappa shape index (κ3) is 8.06. The van der Waals surface area contributed by atoms with Gasteiger partial charge in [0.15, 0.2) is 5.82 Å². The summed E-state index contributed by atoms with van der Waals surface area (Å²) in [7, 11) is 1.53. The molecule has 0 saturated carbocycles. The lowest BCUT2D eigenvalue weighted by Crippen LogP contribution is -2.41. The predicted octanol–water partition coefficient (Wildman–Crippen LogP) is 2.39. The van der Waals surface area contributed by atoms with Crippen molar-refractivity contribution in [1.29, 1.82) is 0 Å². The molecule has 0 aliphatic heterocycles. The Morgan fingerprint density at radius 2 is 1.90 bits per heavy atom. The molecule has 0 unspecified atom stereocenters. The number of carbonyl (C=O) groups is 3. The van der Waals surface area contributed by atoms with Gasteiger partial charge >= 0.3 is 0 Å². The molecule has 0 spiro atoms. The number of hydrogen-bond acceptors (Lipinski definition) is 7. The van der Waals surface area contributed by atoms with Gasteiger partial charge < -0.3 is 24.8 Å². The highest BCUT2D eigenvalue weighted by Crippen LogP contribution is 2.18. The molecule has 2 N–H and O–H groups in total. The minimum atomic E-state index is -0.290. The number of hydrogen-bond donors (Lipinski definition) is 2. The molecule has 1 heterocycles. The van der Waals surface area contributed by atoms with Gasteiger partial charge in [-0.3, -0.25) is 14.4 Å². The number of nitrogens with zero attached hydrogens (tertiary/aromatic N) is 2. The highest BCUT2D eigenvalue weighted by atomic mass is 32.2. The predicted molar refractivity (Wildman–Crippen MR) is 120 cm³/mol. The number of aryl methyl sites for hydroxylation is 2. The van der Waals surface area contributed by atoms with Crippen LogP contribution in [0.2, 0.25) is 0 Å². The van der Waals surface area contributed by atoms with Crippen molar-refractivity contribution >= 4 is 41.0 Å². The SMILES string of the molecule is COCCN(CC(=O)Nc1cccc(C)c1C)C(=O)CSCC(=O)Nc1cc(C)on1. The van der Waals surface area contributed by atoms with Crippen LogP contribution in [-0.4, -0.2) is 66.1 Å². The van der Waals surface area contributed by atoms with Crippen molar-refractivity contribution in [3.05, 3.63) is 41.2 Å². The first-order valence-corrected chi connectivity index (χ1v) is 10.9. The number of ether oxygens (including phenoxy) is 1. The lowest BCUT2D eigenvalue weighted by molar-refractivity contribution is -0.132. The Hall–Kier alpha value is -2.85. The number of carbonyl (C=O) groups excluding carboxylic acids is 3. The van der Waals surface area contributed by atoms with Crippen LogP contribution in [0, 0.1) is 20.8 Å². The fraction of sp³-hybridized carbons (Fsp3) is 0.429. The van der Waals surface area contributed by atoms with E-state index in [1.54, 1.807) is 13.0 Å². The third-order valence-corrected chi connectivity index (χ3v) is 5.40. The summed E-state index contributed by atoms with van der Waals surface area (Å²) in [5.41, 5.74) is 2.77. The van der Waals surface area contributed by atoms with E-state index in [1.165, 1.54) is 12.0 Å². The number of thioether (sulfide) groups is 1. The Balaban J connectivity index is 1.85. The molecule has 31 heavy (non-hydrogen) atoms. The van der Waals surface area contributed by atoms with Gasteiger partial charge in [-0.1, -0.05) is 17.3 Å². The molecule has 10 heteroatoms. The second kappa shape index (κ2) is 12.1. The Kier molecular flexibility index (Phi) is 9.54. The van der Waals surface area contributed by atoms with E-state index in [0.717, 1.165) is 28.6 Å². The van der Waals surface area contributed by atoms with Crippen LogP contribution in [0.4, 0.5) is 11.5 Å². The fourth-order valence-electron chi connectivity index (χ4n) is 2.67. The van der Waals surface area contributed by atoms with Crippen molar-refractivity contribution in [1.82, 2.24) is 10.1 Å². The summed E-state index contributed by atoms with van der Waals surface area (Å²) in [6, 6.07) is 7.27. The summed E-state index contributed by atoms with van der Waals surface area (Å²) in [6.07, 6.45) is 0. The Labute approximate surface area is 185 Å². The minimum absolute atomic E-state index is 0.0612. The van der Waals surface area contributed by atoms with Gasteiger partial charge in [0.1, 0.15) is 5.76 Å². The lowest BCUT2D eigenvalue weighted by atomic mass is 10.1. The first-order valence-electron chi connectivity index (χ1n) is 9.74. The number of rotatable bonds is 11. The van der Waals surface area contributed by atoms with Crippen LogP contribution < -0.4 is 10.6 Å². The first-order chi connectivity index (χ1) is 14.8. The van der Waals surface area contributed by atoms with Crippen LogP contribution in [0.3, 0.4) is 0 Å². The first kappa shape index (κ1) is 24.4. The molecule has 0 atom stereocenters. The van der Waals surface area contributed by atoms with Crippen LogP contribution in [0.15, 0.2) is 28.8 Å². The normalized spacial score (nSPS) is 10.6. The van der Waals surface area contributed by atoms with Gasteiger partial charge in [0.2, 0.25) is 17.7 Å². The molecule has 0 radical (unpaired) electrons. The molecule has 1 aromatic carbocycles. The number of nitrogens with one attached hydrogen (secondary N) is 2. The summed E-state index contributed by atoms with van der Waals surface area (Å²) in [6.45, 7) is 6.11. The van der Waals surface area contributed by atoms with Crippen molar-refractivity contribution in [2.45, 2.75) is 20.8 Å². The maximum absolute atomic E-state index is 12.6. The van der Waals surface area contributed by atoms with E-state index >= 15 is 0 Å². The molecule has 2 rings (SSSR count). The molecule has 1 aromatic heterocycles. The molecule has 3 amide bonds. The second-order valence-electron chi connectivity index (χ2n) is 6.97. The molecule has 9 nitrogen and oxygen atoms in total. The molecule has 0 bridgehead atoms. The smallest absolute Gasteiger partial charge is 0.244 e. The maximum Gasteiger partial charge on any atom is 0.244 e. The van der Waals surface area contributed by atoms with Crippen molar-refractivity contribution in [2.24, 2.45) is 0 Å². The van der Waals surface area contributed by atoms with E-state index in [4.69, 9.17) is 9.26 Å². The number of anilines is 2. The van der Waals surface area contributed by atoms with Crippen LogP contribution in [0.5, 0.6) is 0 Å². The highest BCUT2D eigenvalue weighted by Gasteiger charge is 2.18. The van der Waals surface area contributed by atoms with Gasteiger partial charge in [0, 0.05) is 25.4 Å². The van der Waals surface area contributed by atoms with Gasteiger partial charge in [-0.2, -0.15) is 0 Å². The molecule has 0 aliphatic rings. The molecule has 0 fully saturated rings. The molecular formula is C21H28N4O5S. The third-order valence-electron chi connectivity index (χ3n) is 4.49. The summed E-state index contributed by atoms with van der Waals surface area (Å²) in [4.78, 5) is 38.5. The standard InChI is InChI=1S/C21H28N4O5S/c1-14-6-5-7-17(16(14)3)22-19(26)11-25(8-9-29-4)21(28)13-31-12-20(27)23-18-10-15(2)30-24-18/h5-7,10H,8-9,11-13H2,1-4H3,(H,22,26)(H,23,24,27). The fourth-order valence-corrected chi connectivity index (χ4v) is 3.39. The zero-order valence-electron chi connectivity index (χ0n) is 18.2. The Bertz CT molecular complexity index is 915. The number of methoxy groups -OCH3 is 1. The monoisotopic (exact) mass is 448 g/mol. The van der Waals surface area contributed by atoms with Gasteiger partial charge in [-0.05, 0) is 38.0 Å². The van der Waals surface area contributed by atoms with E-state index in [1.807, 2.05) is 32.0 Å². The minimum Gasteiger partial charge on any atom is -0.383 e. The summed E-state index contributed by atoms with van der Waals surface area (Å²) in [5.74, 6) is 0.231. The van der Waals surface area contributed by atoms with Crippen LogP contribution in [-0.2, 0) is 19.1 Å². The number of amides is 3. The van der Waals surface area contributed by atoms with E-state index in [0.29, 0.717) is 18.2 Å². The Morgan fingerprint density at radius 3 is 2.58 bits per heavy atom. The zero-order chi connectivity index (χ0) is 22.8. The summed E-state index contributed by atoms with van der Waals surface area (Å²) < 4.78 is 9.94. The summed E-state index contributed by atoms with van der Waals surface area (Å²) in [5, 5.41) is 9.14. The molecule has 0 aliphatic carbocycles. The van der Waals surface area contributed by atoms with Crippen LogP contribution >= 0.6 is 11.8 Å². The number of benzene rings is 1. The van der Waals surface area contributed by atoms with Crippen molar-refractivity contribution in [3.63, 3.8) is 0 Å². The van der Waals surface area contributed by atoms with Gasteiger partial charge in [0.05, 0.1) is 24.7 Å². The number of aromatic nitrogens is 1. The average Bonchev–Trinajstić information content (AvgIpc) is 3.13. The second-order valence-corrected chi connectivity index (χ2v) is 7.95. The van der Waals surface area contributed by atoms with Gasteiger partial charge in [-0.25, -0.2) is 0 Å². The lowest BCUT2D eigenvalue weighted by Gasteiger charge is -2.22. The van der Waals surface area contributed by atoms with Crippen LogP contribution in [0.25, 0.3) is 0 Å². The van der Waals surface area contributed by atoms with Gasteiger partial charge in [-0.15, -0.1) is 11.8 Å². The van der Waals surface area contributed by atoms with E-state index in [2.05, 4.69) is 15.8 Å². The van der Waals surface area contributed by atoms with E-state index in [9.17, 15) is 14.4 Å². The van der Waals surface area contributed by atoms with Crippen molar-refractivity contribution in [3.8, 4) is 0 Å². The molecule has 2 aromatic rings. The Morgan fingerprint density at radius 1 is 1.13 bits per heavy atom. The molecule has 168 valence electrons. The molecule has 0 saturated heterocycles. The topological polar surface area (TPSA) is 114 Å². The molecular weight excluding hydrogens is 420 g/mol. The van der Waals surface area contributed by atoms with Crippen molar-refractivity contribution in [2.75, 3.05) is 48.9 Å². The summed E-state index contributed by atoms with van der Waals surface area (Å²) >= 11 is 1.16. The highest BCUT2D eigenvalue weighted by molar-refractivity contribution is 8.00. The van der Waals surface area contributed by atoms with E-state index < -0.39 is 0 Å². The van der Waals surface area contributed by atoms with E-state index in [-0.39, 0.29) is 42.3 Å². The van der Waals surface area contributed by atoms with Gasteiger partial charge in [0.25, 0.3) is 0 Å². The van der Waals surface area contributed by atoms with Crippen molar-refractivity contribution < 1.29 is 23.6 Å². The quantitative estimate of drug-likeness (QED) is 0.542. The maximum atomic E-state index is 12.6.